The first-order valence-corrected chi connectivity index (χ1v) is 5.65. The quantitative estimate of drug-likeness (QED) is 0.811. The molecule has 1 heterocycles. The van der Waals surface area contributed by atoms with Gasteiger partial charge in [0.1, 0.15) is 17.6 Å². The molecule has 0 saturated heterocycles. The van der Waals surface area contributed by atoms with Gasteiger partial charge in [0, 0.05) is 0 Å². The van der Waals surface area contributed by atoms with Crippen LogP contribution in [0.2, 0.25) is 0 Å². The second kappa shape index (κ2) is 4.17. The van der Waals surface area contributed by atoms with Crippen molar-refractivity contribution in [2.45, 2.75) is 32.7 Å². The summed E-state index contributed by atoms with van der Waals surface area (Å²) in [6.45, 7) is 3.86. The van der Waals surface area contributed by atoms with E-state index in [0.29, 0.717) is 24.6 Å². The van der Waals surface area contributed by atoms with Crippen LogP contribution in [0.15, 0.2) is 6.33 Å². The van der Waals surface area contributed by atoms with E-state index in [4.69, 9.17) is 5.26 Å². The highest BCUT2D eigenvalue weighted by atomic mass is 16.2. The third-order valence-corrected chi connectivity index (χ3v) is 3.23. The Morgan fingerprint density at radius 3 is 2.94 bits per heavy atom. The minimum absolute atomic E-state index is 0.206. The number of aromatic amines is 1. The summed E-state index contributed by atoms with van der Waals surface area (Å²) in [4.78, 5) is 16.0. The Bertz CT molecular complexity index is 441. The number of hydrogen-bond acceptors (Lipinski definition) is 4. The van der Waals surface area contributed by atoms with Crippen molar-refractivity contribution in [2.75, 3.05) is 0 Å². The minimum atomic E-state index is -0.840. The molecule has 1 aliphatic carbocycles. The van der Waals surface area contributed by atoms with Gasteiger partial charge in [-0.3, -0.25) is 9.89 Å². The molecule has 17 heavy (non-hydrogen) atoms. The molecule has 2 N–H and O–H groups in total. The molecule has 0 aromatic carbocycles. The first-order chi connectivity index (χ1) is 8.07. The summed E-state index contributed by atoms with van der Waals surface area (Å²) in [5.74, 6) is 0.835. The third-order valence-electron chi connectivity index (χ3n) is 3.23. The van der Waals surface area contributed by atoms with E-state index in [1.54, 1.807) is 0 Å². The summed E-state index contributed by atoms with van der Waals surface area (Å²) in [6.07, 6.45) is 2.67. The second-order valence-electron chi connectivity index (χ2n) is 4.77. The number of aromatic nitrogens is 3. The molecule has 6 heteroatoms. The summed E-state index contributed by atoms with van der Waals surface area (Å²) < 4.78 is 0. The largest absolute Gasteiger partial charge is 0.345 e. The van der Waals surface area contributed by atoms with Crippen LogP contribution in [-0.2, 0) is 4.79 Å². The van der Waals surface area contributed by atoms with Crippen molar-refractivity contribution in [2.24, 2.45) is 11.3 Å². The molecule has 1 unspecified atom stereocenters. The number of rotatable bonds is 3. The highest BCUT2D eigenvalue weighted by molar-refractivity contribution is 5.86. The molecule has 1 fully saturated rings. The average molecular weight is 233 g/mol. The maximum Gasteiger partial charge on any atom is 0.241 e. The topological polar surface area (TPSA) is 94.5 Å². The standard InChI is InChI=1S/C11H15N5O/c1-7-3-11(4-7,5-12)10(17)15-8(2)9-13-6-14-16-9/h6-8H,3-4H2,1-2H3,(H,15,17)(H,13,14,16). The Hall–Kier alpha value is -1.90. The second-order valence-corrected chi connectivity index (χ2v) is 4.77. The molecule has 1 aromatic heterocycles. The van der Waals surface area contributed by atoms with Crippen LogP contribution in [0.3, 0.4) is 0 Å². The monoisotopic (exact) mass is 233 g/mol. The summed E-state index contributed by atoms with van der Waals surface area (Å²) >= 11 is 0. The van der Waals surface area contributed by atoms with Crippen molar-refractivity contribution in [1.82, 2.24) is 20.5 Å². The number of carbonyl (C=O) groups is 1. The third kappa shape index (κ3) is 2.00. The molecule has 1 amide bonds. The van der Waals surface area contributed by atoms with Crippen molar-refractivity contribution in [3.63, 3.8) is 0 Å². The van der Waals surface area contributed by atoms with Gasteiger partial charge in [-0.1, -0.05) is 6.92 Å². The van der Waals surface area contributed by atoms with Gasteiger partial charge in [0.05, 0.1) is 12.1 Å². The van der Waals surface area contributed by atoms with Crippen LogP contribution in [0.4, 0.5) is 0 Å². The number of hydrogen-bond donors (Lipinski definition) is 2. The number of nitriles is 1. The van der Waals surface area contributed by atoms with E-state index in [9.17, 15) is 4.79 Å². The van der Waals surface area contributed by atoms with Crippen LogP contribution in [0.25, 0.3) is 0 Å². The molecule has 1 atom stereocenters. The zero-order valence-electron chi connectivity index (χ0n) is 9.90. The first-order valence-electron chi connectivity index (χ1n) is 5.65. The van der Waals surface area contributed by atoms with Gasteiger partial charge >= 0.3 is 0 Å². The number of nitrogens with one attached hydrogen (secondary N) is 2. The Labute approximate surface area is 99.4 Å². The molecular weight excluding hydrogens is 218 g/mol. The smallest absolute Gasteiger partial charge is 0.241 e. The van der Waals surface area contributed by atoms with Crippen LogP contribution >= 0.6 is 0 Å². The summed E-state index contributed by atoms with van der Waals surface area (Å²) in [5, 5.41) is 18.3. The van der Waals surface area contributed by atoms with Gasteiger partial charge in [0.2, 0.25) is 5.91 Å². The first kappa shape index (κ1) is 11.6. The Kier molecular flexibility index (Phi) is 2.84. The minimum Gasteiger partial charge on any atom is -0.345 e. The van der Waals surface area contributed by atoms with Gasteiger partial charge in [-0.15, -0.1) is 0 Å². The molecular formula is C11H15N5O. The van der Waals surface area contributed by atoms with Crippen molar-refractivity contribution >= 4 is 5.91 Å². The van der Waals surface area contributed by atoms with Crippen LogP contribution < -0.4 is 5.32 Å². The van der Waals surface area contributed by atoms with Crippen LogP contribution in [0, 0.1) is 22.7 Å². The average Bonchev–Trinajstić information content (AvgIpc) is 2.77. The van der Waals surface area contributed by atoms with Gasteiger partial charge in [-0.2, -0.15) is 10.4 Å². The van der Waals surface area contributed by atoms with Gasteiger partial charge in [-0.25, -0.2) is 4.98 Å². The fraction of sp³-hybridized carbons (Fsp3) is 0.636. The van der Waals surface area contributed by atoms with Crippen LogP contribution in [-0.4, -0.2) is 21.1 Å². The van der Waals surface area contributed by atoms with Crippen molar-refractivity contribution in [3.8, 4) is 6.07 Å². The lowest BCUT2D eigenvalue weighted by molar-refractivity contribution is -0.134. The maximum atomic E-state index is 12.0. The number of amides is 1. The lowest BCUT2D eigenvalue weighted by atomic mass is 9.63. The van der Waals surface area contributed by atoms with Gasteiger partial charge in [0.25, 0.3) is 0 Å². The molecule has 90 valence electrons. The van der Waals surface area contributed by atoms with E-state index < -0.39 is 5.41 Å². The summed E-state index contributed by atoms with van der Waals surface area (Å²) in [5.41, 5.74) is -0.840. The van der Waals surface area contributed by atoms with E-state index in [-0.39, 0.29) is 11.9 Å². The van der Waals surface area contributed by atoms with Crippen LogP contribution in [0.5, 0.6) is 0 Å². The number of H-pyrrole nitrogens is 1. The predicted octanol–water partition coefficient (Wildman–Crippen LogP) is 0.922. The lowest BCUT2D eigenvalue weighted by Crippen LogP contribution is -2.48. The summed E-state index contributed by atoms with van der Waals surface area (Å²) in [6, 6.07) is 1.88. The van der Waals surface area contributed by atoms with E-state index in [1.165, 1.54) is 6.33 Å². The molecule has 2 rings (SSSR count). The normalized spacial score (nSPS) is 28.9. The highest BCUT2D eigenvalue weighted by Crippen LogP contribution is 2.45. The Morgan fingerprint density at radius 1 is 1.76 bits per heavy atom. The zero-order chi connectivity index (χ0) is 12.5. The molecule has 1 aliphatic rings. The molecule has 6 nitrogen and oxygen atoms in total. The number of nitrogens with zero attached hydrogens (tertiary/aromatic N) is 3. The van der Waals surface area contributed by atoms with Crippen molar-refractivity contribution in [3.05, 3.63) is 12.2 Å². The summed E-state index contributed by atoms with van der Waals surface area (Å²) in [7, 11) is 0. The fourth-order valence-corrected chi connectivity index (χ4v) is 2.28. The molecule has 0 radical (unpaired) electrons. The molecule has 0 bridgehead atoms. The van der Waals surface area contributed by atoms with E-state index in [1.807, 2.05) is 13.8 Å². The predicted molar refractivity (Wildman–Crippen MR) is 59.4 cm³/mol. The maximum absolute atomic E-state index is 12.0. The van der Waals surface area contributed by atoms with E-state index in [0.717, 1.165) is 0 Å². The molecule has 0 spiro atoms. The SMILES string of the molecule is CC1CC(C#N)(C(=O)NC(C)c2ncn[nH]2)C1. The molecule has 1 aromatic rings. The van der Waals surface area contributed by atoms with E-state index in [2.05, 4.69) is 26.6 Å². The van der Waals surface area contributed by atoms with Crippen molar-refractivity contribution < 1.29 is 4.79 Å². The van der Waals surface area contributed by atoms with Gasteiger partial charge in [0.15, 0.2) is 0 Å². The van der Waals surface area contributed by atoms with E-state index >= 15 is 0 Å². The number of carbonyl (C=O) groups excluding carboxylic acids is 1. The highest BCUT2D eigenvalue weighted by Gasteiger charge is 2.49. The van der Waals surface area contributed by atoms with Crippen LogP contribution in [0.1, 0.15) is 38.6 Å². The lowest BCUT2D eigenvalue weighted by Gasteiger charge is -2.39. The van der Waals surface area contributed by atoms with Crippen molar-refractivity contribution in [1.29, 1.82) is 5.26 Å². The molecule has 1 saturated carbocycles. The van der Waals surface area contributed by atoms with Gasteiger partial charge in [-0.05, 0) is 25.7 Å². The van der Waals surface area contributed by atoms with Gasteiger partial charge < -0.3 is 5.32 Å². The Morgan fingerprint density at radius 2 is 2.47 bits per heavy atom. The fourth-order valence-electron chi connectivity index (χ4n) is 2.28. The zero-order valence-corrected chi connectivity index (χ0v) is 9.90. The Balaban J connectivity index is 2.00. The molecule has 0 aliphatic heterocycles.